The third kappa shape index (κ3) is 2.77. The molecule has 0 aliphatic carbocycles. The topological polar surface area (TPSA) is 61.1 Å². The minimum Gasteiger partial charge on any atom is -0.506 e. The third-order valence-electron chi connectivity index (χ3n) is 1.98. The molecule has 0 saturated heterocycles. The predicted molar refractivity (Wildman–Crippen MR) is 55.9 cm³/mol. The molecule has 0 aliphatic heterocycles. The molecule has 0 aliphatic rings. The van der Waals surface area contributed by atoms with Gasteiger partial charge in [0, 0.05) is 5.56 Å². The van der Waals surface area contributed by atoms with Crippen LogP contribution in [0.1, 0.15) is 21.5 Å². The Morgan fingerprint density at radius 2 is 2.06 bits per heavy atom. The molecule has 0 saturated carbocycles. The fourth-order valence-electron chi connectivity index (χ4n) is 1.17. The van der Waals surface area contributed by atoms with Crippen LogP contribution in [0.25, 0.3) is 0 Å². The molecule has 0 atom stereocenters. The van der Waals surface area contributed by atoms with Crippen LogP contribution in [-0.2, 0) is 6.18 Å². The molecule has 0 aromatic heterocycles. The van der Waals surface area contributed by atoms with E-state index in [0.717, 1.165) is 6.07 Å². The molecular formula is C10H5BrF3NO2. The van der Waals surface area contributed by atoms with Gasteiger partial charge in [-0.15, -0.1) is 0 Å². The number of nitrogens with zero attached hydrogens (tertiary/aromatic N) is 1. The molecule has 0 heterocycles. The molecule has 1 aromatic carbocycles. The number of benzene rings is 1. The van der Waals surface area contributed by atoms with Crippen LogP contribution in [0.3, 0.4) is 0 Å². The van der Waals surface area contributed by atoms with Crippen molar-refractivity contribution in [3.63, 3.8) is 0 Å². The quantitative estimate of drug-likeness (QED) is 0.675. The van der Waals surface area contributed by atoms with Crippen molar-refractivity contribution >= 4 is 21.7 Å². The van der Waals surface area contributed by atoms with Crippen LogP contribution in [0.4, 0.5) is 13.2 Å². The Hall–Kier alpha value is -1.55. The van der Waals surface area contributed by atoms with Gasteiger partial charge in [0.2, 0.25) is 0 Å². The van der Waals surface area contributed by atoms with E-state index < -0.39 is 28.8 Å². The lowest BCUT2D eigenvalue weighted by Crippen LogP contribution is -2.10. The molecule has 0 spiro atoms. The molecule has 1 aromatic rings. The van der Waals surface area contributed by atoms with Gasteiger partial charge in [0.05, 0.1) is 16.5 Å². The number of nitriles is 1. The number of Topliss-reactive ketones (excluding diaryl/α,β-unsaturated/α-hetero) is 1. The Balaban J connectivity index is 3.51. The van der Waals surface area contributed by atoms with Crippen LogP contribution in [0, 0.1) is 11.3 Å². The molecule has 1 N–H and O–H groups in total. The van der Waals surface area contributed by atoms with Crippen LogP contribution >= 0.6 is 15.9 Å². The highest BCUT2D eigenvalue weighted by molar-refractivity contribution is 9.09. The molecule has 7 heteroatoms. The van der Waals surface area contributed by atoms with E-state index in [9.17, 15) is 23.1 Å². The molecule has 0 radical (unpaired) electrons. The second-order valence-electron chi connectivity index (χ2n) is 3.09. The van der Waals surface area contributed by atoms with Gasteiger partial charge in [-0.1, -0.05) is 15.9 Å². The minimum atomic E-state index is -4.82. The average molecular weight is 308 g/mol. The Labute approximate surface area is 103 Å². The molecule has 3 nitrogen and oxygen atoms in total. The van der Waals surface area contributed by atoms with Gasteiger partial charge in [-0.3, -0.25) is 4.79 Å². The smallest absolute Gasteiger partial charge is 0.420 e. The van der Waals surface area contributed by atoms with Gasteiger partial charge in [-0.25, -0.2) is 0 Å². The van der Waals surface area contributed by atoms with Gasteiger partial charge in [-0.05, 0) is 12.1 Å². The maximum absolute atomic E-state index is 12.5. The summed E-state index contributed by atoms with van der Waals surface area (Å²) in [7, 11) is 0. The maximum atomic E-state index is 12.5. The summed E-state index contributed by atoms with van der Waals surface area (Å²) in [6.07, 6.45) is -4.82. The second-order valence-corrected chi connectivity index (χ2v) is 3.65. The van der Waals surface area contributed by atoms with Gasteiger partial charge >= 0.3 is 6.18 Å². The zero-order chi connectivity index (χ0) is 13.2. The van der Waals surface area contributed by atoms with Gasteiger partial charge in [-0.2, -0.15) is 18.4 Å². The first-order valence-corrected chi connectivity index (χ1v) is 5.37. The number of hydrogen-bond acceptors (Lipinski definition) is 3. The zero-order valence-corrected chi connectivity index (χ0v) is 9.76. The molecule has 0 bridgehead atoms. The number of halogens is 4. The van der Waals surface area contributed by atoms with Crippen molar-refractivity contribution in [2.75, 3.05) is 5.33 Å². The Kier molecular flexibility index (Phi) is 3.78. The maximum Gasteiger partial charge on any atom is 0.420 e. The molecule has 90 valence electrons. The summed E-state index contributed by atoms with van der Waals surface area (Å²) >= 11 is 2.82. The van der Waals surface area contributed by atoms with E-state index in [1.165, 1.54) is 6.07 Å². The van der Waals surface area contributed by atoms with Gasteiger partial charge in [0.15, 0.2) is 5.78 Å². The second kappa shape index (κ2) is 4.75. The van der Waals surface area contributed by atoms with Crippen LogP contribution in [0.2, 0.25) is 0 Å². The first-order chi connectivity index (χ1) is 7.81. The Morgan fingerprint density at radius 1 is 1.47 bits per heavy atom. The fraction of sp³-hybridized carbons (Fsp3) is 0.200. The van der Waals surface area contributed by atoms with Crippen molar-refractivity contribution in [2.45, 2.75) is 6.18 Å². The highest BCUT2D eigenvalue weighted by atomic mass is 79.9. The highest BCUT2D eigenvalue weighted by Gasteiger charge is 2.35. The summed E-state index contributed by atoms with van der Waals surface area (Å²) in [5.74, 6) is -1.77. The van der Waals surface area contributed by atoms with Crippen molar-refractivity contribution in [3.05, 3.63) is 28.8 Å². The lowest BCUT2D eigenvalue weighted by atomic mass is 10.0. The van der Waals surface area contributed by atoms with Crippen LogP contribution < -0.4 is 0 Å². The number of aromatic hydroxyl groups is 1. The first kappa shape index (κ1) is 13.5. The van der Waals surface area contributed by atoms with Crippen LogP contribution in [-0.4, -0.2) is 16.2 Å². The predicted octanol–water partition coefficient (Wildman–Crippen LogP) is 2.86. The normalized spacial score (nSPS) is 11.0. The van der Waals surface area contributed by atoms with Crippen molar-refractivity contribution in [3.8, 4) is 11.8 Å². The summed E-state index contributed by atoms with van der Waals surface area (Å²) in [6.45, 7) is 0. The monoisotopic (exact) mass is 307 g/mol. The summed E-state index contributed by atoms with van der Waals surface area (Å²) in [6, 6.07) is 2.86. The molecule has 0 unspecified atom stereocenters. The van der Waals surface area contributed by atoms with E-state index in [-0.39, 0.29) is 10.9 Å². The number of hydrogen-bond donors (Lipinski definition) is 1. The van der Waals surface area contributed by atoms with Gasteiger partial charge < -0.3 is 5.11 Å². The summed E-state index contributed by atoms with van der Waals surface area (Å²) in [5, 5.41) is 17.7. The first-order valence-electron chi connectivity index (χ1n) is 4.24. The Bertz CT molecular complexity index is 505. The third-order valence-corrected chi connectivity index (χ3v) is 2.49. The average Bonchev–Trinajstić information content (AvgIpc) is 2.26. The lowest BCUT2D eigenvalue weighted by Gasteiger charge is -2.11. The Morgan fingerprint density at radius 3 is 2.47 bits per heavy atom. The lowest BCUT2D eigenvalue weighted by molar-refractivity contribution is -0.138. The number of rotatable bonds is 2. The fourth-order valence-corrected chi connectivity index (χ4v) is 1.50. The number of phenolic OH excluding ortho intramolecular Hbond substituents is 1. The molecule has 1 rings (SSSR count). The SMILES string of the molecule is N#Cc1cc(C(=O)CBr)cc(C(F)(F)F)c1O. The van der Waals surface area contributed by atoms with Gasteiger partial charge in [0.25, 0.3) is 0 Å². The van der Waals surface area contributed by atoms with Crippen LogP contribution in [0.5, 0.6) is 5.75 Å². The minimum absolute atomic E-state index is 0.167. The van der Waals surface area contributed by atoms with E-state index in [4.69, 9.17) is 5.26 Å². The number of alkyl halides is 4. The van der Waals surface area contributed by atoms with E-state index >= 15 is 0 Å². The summed E-state index contributed by atoms with van der Waals surface area (Å²) in [5.41, 5.74) is -2.24. The van der Waals surface area contributed by atoms with E-state index in [1.807, 2.05) is 0 Å². The number of ketones is 1. The molecule has 0 fully saturated rings. The van der Waals surface area contributed by atoms with Crippen LogP contribution in [0.15, 0.2) is 12.1 Å². The summed E-state index contributed by atoms with van der Waals surface area (Å²) < 4.78 is 37.6. The summed E-state index contributed by atoms with van der Waals surface area (Å²) in [4.78, 5) is 11.3. The molecular weight excluding hydrogens is 303 g/mol. The van der Waals surface area contributed by atoms with E-state index in [2.05, 4.69) is 15.9 Å². The van der Waals surface area contributed by atoms with Crippen molar-refractivity contribution < 1.29 is 23.1 Å². The van der Waals surface area contributed by atoms with E-state index in [1.54, 1.807) is 0 Å². The standard InChI is InChI=1S/C10H5BrF3NO2/c11-3-8(16)5-1-6(4-15)9(17)7(2-5)10(12,13)14/h1-2,17H,3H2. The van der Waals surface area contributed by atoms with Crippen molar-refractivity contribution in [1.82, 2.24) is 0 Å². The highest BCUT2D eigenvalue weighted by Crippen LogP contribution is 2.38. The van der Waals surface area contributed by atoms with Crippen molar-refractivity contribution in [2.24, 2.45) is 0 Å². The zero-order valence-electron chi connectivity index (χ0n) is 8.18. The molecule has 0 amide bonds. The van der Waals surface area contributed by atoms with E-state index in [0.29, 0.717) is 6.07 Å². The molecule has 17 heavy (non-hydrogen) atoms. The van der Waals surface area contributed by atoms with Gasteiger partial charge in [0.1, 0.15) is 11.8 Å². The van der Waals surface area contributed by atoms with Crippen molar-refractivity contribution in [1.29, 1.82) is 5.26 Å². The number of carbonyl (C=O) groups is 1. The number of carbonyl (C=O) groups excluding carboxylic acids is 1. The number of phenols is 1. The largest absolute Gasteiger partial charge is 0.506 e.